The maximum Gasteiger partial charge on any atom is 0.251 e. The van der Waals surface area contributed by atoms with E-state index in [1.54, 1.807) is 0 Å². The van der Waals surface area contributed by atoms with Crippen molar-refractivity contribution in [3.63, 3.8) is 0 Å². The summed E-state index contributed by atoms with van der Waals surface area (Å²) in [5.41, 5.74) is 2.96. The third-order valence-electron chi connectivity index (χ3n) is 2.66. The van der Waals surface area contributed by atoms with E-state index in [1.165, 1.54) is 0 Å². The van der Waals surface area contributed by atoms with E-state index in [4.69, 9.17) is 0 Å². The minimum Gasteiger partial charge on any atom is -0.357 e. The van der Waals surface area contributed by atoms with Gasteiger partial charge in [-0.1, -0.05) is 17.7 Å². The lowest BCUT2D eigenvalue weighted by Gasteiger charge is -2.04. The molecule has 0 unspecified atom stereocenters. The number of hydrogen-bond acceptors (Lipinski definition) is 1. The van der Waals surface area contributed by atoms with Crippen molar-refractivity contribution >= 4 is 5.91 Å². The van der Waals surface area contributed by atoms with Crippen LogP contribution in [0.5, 0.6) is 0 Å². The molecule has 0 aliphatic rings. The van der Waals surface area contributed by atoms with Crippen molar-refractivity contribution in [2.45, 2.75) is 13.5 Å². The molecule has 17 heavy (non-hydrogen) atoms. The maximum atomic E-state index is 11.8. The Kier molecular flexibility index (Phi) is 3.28. The van der Waals surface area contributed by atoms with Crippen LogP contribution in [-0.4, -0.2) is 10.5 Å². The van der Waals surface area contributed by atoms with Crippen molar-refractivity contribution in [3.05, 3.63) is 59.4 Å². The zero-order chi connectivity index (χ0) is 12.3. The summed E-state index contributed by atoms with van der Waals surface area (Å²) in [5.74, 6) is -0.0335. The highest BCUT2D eigenvalue weighted by Gasteiger charge is 2.04. The Bertz CT molecular complexity index is 511. The molecule has 0 saturated carbocycles. The van der Waals surface area contributed by atoms with Gasteiger partial charge in [-0.2, -0.15) is 0 Å². The number of rotatable bonds is 3. The maximum absolute atomic E-state index is 11.8. The van der Waals surface area contributed by atoms with Crippen LogP contribution in [-0.2, 0) is 13.6 Å². The lowest BCUT2D eigenvalue weighted by atomic mass is 10.1. The topological polar surface area (TPSA) is 34.0 Å². The van der Waals surface area contributed by atoms with Crippen molar-refractivity contribution in [1.82, 2.24) is 9.88 Å². The standard InChI is InChI=1S/C14H16N2O/c1-11-3-5-13(6-4-11)14(17)15-9-12-7-8-16(2)10-12/h3-8,10H,9H2,1-2H3,(H,15,17). The van der Waals surface area contributed by atoms with Crippen LogP contribution in [0.3, 0.4) is 0 Å². The molecule has 1 aromatic heterocycles. The fourth-order valence-corrected chi connectivity index (χ4v) is 1.65. The minimum atomic E-state index is -0.0335. The Morgan fingerprint density at radius 1 is 1.24 bits per heavy atom. The van der Waals surface area contributed by atoms with Crippen LogP contribution in [0, 0.1) is 6.92 Å². The number of amides is 1. The summed E-state index contributed by atoms with van der Waals surface area (Å²) < 4.78 is 1.97. The summed E-state index contributed by atoms with van der Waals surface area (Å²) in [5, 5.41) is 2.90. The highest BCUT2D eigenvalue weighted by Crippen LogP contribution is 2.04. The molecule has 0 spiro atoms. The first kappa shape index (κ1) is 11.5. The number of hydrogen-bond donors (Lipinski definition) is 1. The van der Waals surface area contributed by atoms with E-state index in [-0.39, 0.29) is 5.91 Å². The van der Waals surface area contributed by atoms with Gasteiger partial charge >= 0.3 is 0 Å². The van der Waals surface area contributed by atoms with Gasteiger partial charge in [0.05, 0.1) is 0 Å². The van der Waals surface area contributed by atoms with Crippen molar-refractivity contribution in [2.75, 3.05) is 0 Å². The van der Waals surface area contributed by atoms with Crippen LogP contribution < -0.4 is 5.32 Å². The Labute approximate surface area is 101 Å². The molecular formula is C14H16N2O. The first-order valence-corrected chi connectivity index (χ1v) is 5.61. The van der Waals surface area contributed by atoms with Gasteiger partial charge in [0.1, 0.15) is 0 Å². The number of aromatic nitrogens is 1. The average molecular weight is 228 g/mol. The van der Waals surface area contributed by atoms with Gasteiger partial charge in [0, 0.05) is 31.5 Å². The Hall–Kier alpha value is -2.03. The monoisotopic (exact) mass is 228 g/mol. The molecule has 3 heteroatoms. The fourth-order valence-electron chi connectivity index (χ4n) is 1.65. The number of aryl methyl sites for hydroxylation is 2. The molecule has 0 radical (unpaired) electrons. The van der Waals surface area contributed by atoms with E-state index >= 15 is 0 Å². The van der Waals surface area contributed by atoms with Crippen molar-refractivity contribution in [3.8, 4) is 0 Å². The fraction of sp³-hybridized carbons (Fsp3) is 0.214. The predicted molar refractivity (Wildman–Crippen MR) is 67.8 cm³/mol. The molecular weight excluding hydrogens is 212 g/mol. The normalized spacial score (nSPS) is 10.2. The van der Waals surface area contributed by atoms with Crippen LogP contribution in [0.25, 0.3) is 0 Å². The molecule has 88 valence electrons. The van der Waals surface area contributed by atoms with Crippen molar-refractivity contribution < 1.29 is 4.79 Å². The molecule has 2 aromatic rings. The van der Waals surface area contributed by atoms with E-state index < -0.39 is 0 Å². The van der Waals surface area contributed by atoms with Gasteiger partial charge in [0.15, 0.2) is 0 Å². The third-order valence-corrected chi connectivity index (χ3v) is 2.66. The average Bonchev–Trinajstić information content (AvgIpc) is 2.73. The molecule has 1 N–H and O–H groups in total. The van der Waals surface area contributed by atoms with Gasteiger partial charge in [0.25, 0.3) is 5.91 Å². The zero-order valence-corrected chi connectivity index (χ0v) is 10.1. The first-order chi connectivity index (χ1) is 8.15. The number of carbonyl (C=O) groups excluding carboxylic acids is 1. The van der Waals surface area contributed by atoms with E-state index in [1.807, 2.05) is 61.3 Å². The number of nitrogens with one attached hydrogen (secondary N) is 1. The molecule has 3 nitrogen and oxygen atoms in total. The van der Waals surface area contributed by atoms with Gasteiger partial charge in [-0.3, -0.25) is 4.79 Å². The molecule has 0 bridgehead atoms. The van der Waals surface area contributed by atoms with E-state index in [9.17, 15) is 4.79 Å². The second-order valence-electron chi connectivity index (χ2n) is 4.23. The summed E-state index contributed by atoms with van der Waals surface area (Å²) in [6.07, 6.45) is 3.96. The van der Waals surface area contributed by atoms with Gasteiger partial charge < -0.3 is 9.88 Å². The summed E-state index contributed by atoms with van der Waals surface area (Å²) in [4.78, 5) is 11.8. The molecule has 0 aliphatic heterocycles. The number of benzene rings is 1. The quantitative estimate of drug-likeness (QED) is 0.859. The lowest BCUT2D eigenvalue weighted by Crippen LogP contribution is -2.22. The summed E-state index contributed by atoms with van der Waals surface area (Å²) in [6, 6.07) is 9.57. The smallest absolute Gasteiger partial charge is 0.251 e. The van der Waals surface area contributed by atoms with Gasteiger partial charge in [-0.05, 0) is 30.7 Å². The summed E-state index contributed by atoms with van der Waals surface area (Å²) in [6.45, 7) is 2.57. The largest absolute Gasteiger partial charge is 0.357 e. The molecule has 0 saturated heterocycles. The minimum absolute atomic E-state index is 0.0335. The lowest BCUT2D eigenvalue weighted by molar-refractivity contribution is 0.0951. The summed E-state index contributed by atoms with van der Waals surface area (Å²) >= 11 is 0. The molecule has 2 rings (SSSR count). The molecule has 1 amide bonds. The van der Waals surface area contributed by atoms with E-state index in [0.717, 1.165) is 11.1 Å². The van der Waals surface area contributed by atoms with Crippen molar-refractivity contribution in [2.24, 2.45) is 7.05 Å². The SMILES string of the molecule is Cc1ccc(C(=O)NCc2ccn(C)c2)cc1. The van der Waals surface area contributed by atoms with Crippen LogP contribution in [0.4, 0.5) is 0 Å². The molecule has 1 aromatic carbocycles. The second-order valence-corrected chi connectivity index (χ2v) is 4.23. The van der Waals surface area contributed by atoms with Crippen molar-refractivity contribution in [1.29, 1.82) is 0 Å². The molecule has 1 heterocycles. The van der Waals surface area contributed by atoms with Crippen LogP contribution in [0.15, 0.2) is 42.7 Å². The van der Waals surface area contributed by atoms with Crippen LogP contribution in [0.1, 0.15) is 21.5 Å². The second kappa shape index (κ2) is 4.87. The highest BCUT2D eigenvalue weighted by atomic mass is 16.1. The van der Waals surface area contributed by atoms with Gasteiger partial charge in [-0.15, -0.1) is 0 Å². The zero-order valence-electron chi connectivity index (χ0n) is 10.1. The molecule has 0 fully saturated rings. The number of nitrogens with zero attached hydrogens (tertiary/aromatic N) is 1. The Balaban J connectivity index is 1.95. The molecule has 0 atom stereocenters. The van der Waals surface area contributed by atoms with Crippen LogP contribution in [0.2, 0.25) is 0 Å². The first-order valence-electron chi connectivity index (χ1n) is 5.61. The van der Waals surface area contributed by atoms with E-state index in [2.05, 4.69) is 5.32 Å². The van der Waals surface area contributed by atoms with Gasteiger partial charge in [-0.25, -0.2) is 0 Å². The third kappa shape index (κ3) is 2.97. The predicted octanol–water partition coefficient (Wildman–Crippen LogP) is 2.26. The number of carbonyl (C=O) groups is 1. The summed E-state index contributed by atoms with van der Waals surface area (Å²) in [7, 11) is 1.96. The highest BCUT2D eigenvalue weighted by molar-refractivity contribution is 5.94. The van der Waals surface area contributed by atoms with E-state index in [0.29, 0.717) is 12.1 Å². The van der Waals surface area contributed by atoms with Crippen LogP contribution >= 0.6 is 0 Å². The van der Waals surface area contributed by atoms with Gasteiger partial charge in [0.2, 0.25) is 0 Å². The Morgan fingerprint density at radius 3 is 2.53 bits per heavy atom. The molecule has 0 aliphatic carbocycles. The Morgan fingerprint density at radius 2 is 1.94 bits per heavy atom.